The smallest absolute Gasteiger partial charge is 0.273 e. The number of hydrogen-bond donors (Lipinski definition) is 2. The first-order chi connectivity index (χ1) is 13.9. The summed E-state index contributed by atoms with van der Waals surface area (Å²) in [7, 11) is 0. The van der Waals surface area contributed by atoms with Gasteiger partial charge in [0.25, 0.3) is 11.6 Å². The van der Waals surface area contributed by atoms with E-state index in [1.807, 2.05) is 24.3 Å². The van der Waals surface area contributed by atoms with E-state index in [2.05, 4.69) is 31.8 Å². The third kappa shape index (κ3) is 5.52. The Kier molecular flexibility index (Phi) is 6.40. The van der Waals surface area contributed by atoms with Gasteiger partial charge in [0.2, 0.25) is 0 Å². The molecule has 0 aliphatic heterocycles. The van der Waals surface area contributed by atoms with Gasteiger partial charge in [0, 0.05) is 27.4 Å². The molecule has 148 valence electrons. The van der Waals surface area contributed by atoms with Crippen molar-refractivity contribution in [2.75, 3.05) is 11.9 Å². The molecule has 29 heavy (non-hydrogen) atoms. The average Bonchev–Trinajstić information content (AvgIpc) is 3.16. The fourth-order valence-corrected chi connectivity index (χ4v) is 2.76. The number of nitrogens with one attached hydrogen (secondary N) is 2. The van der Waals surface area contributed by atoms with E-state index in [9.17, 15) is 14.9 Å². The molecular weight excluding hydrogens is 440 g/mol. The predicted molar refractivity (Wildman–Crippen MR) is 114 cm³/mol. The topological polar surface area (TPSA) is 110 Å². The van der Waals surface area contributed by atoms with Crippen molar-refractivity contribution in [1.29, 1.82) is 0 Å². The highest BCUT2D eigenvalue weighted by Crippen LogP contribution is 2.27. The van der Waals surface area contributed by atoms with Gasteiger partial charge in [-0.05, 0) is 43.3 Å². The van der Waals surface area contributed by atoms with Crippen molar-refractivity contribution in [3.05, 3.63) is 80.5 Å². The molecule has 3 rings (SSSR count). The van der Waals surface area contributed by atoms with E-state index in [4.69, 9.17) is 4.42 Å². The molecule has 2 N–H and O–H groups in total. The van der Waals surface area contributed by atoms with Crippen LogP contribution in [-0.2, 0) is 4.79 Å². The number of furan rings is 1. The van der Waals surface area contributed by atoms with E-state index in [0.717, 1.165) is 10.2 Å². The lowest BCUT2D eigenvalue weighted by molar-refractivity contribution is -0.385. The molecule has 0 aliphatic rings. The van der Waals surface area contributed by atoms with Gasteiger partial charge < -0.3 is 9.73 Å². The van der Waals surface area contributed by atoms with Crippen LogP contribution in [0.15, 0.2) is 68.6 Å². The van der Waals surface area contributed by atoms with Crippen molar-refractivity contribution in [2.45, 2.75) is 6.92 Å². The highest BCUT2D eigenvalue weighted by Gasteiger charge is 2.13. The molecule has 0 saturated heterocycles. The number of nitro groups is 1. The van der Waals surface area contributed by atoms with Crippen molar-refractivity contribution in [2.24, 2.45) is 5.10 Å². The molecular formula is C20H17BrN4O4. The number of amides is 1. The molecule has 1 heterocycles. The van der Waals surface area contributed by atoms with Crippen LogP contribution in [0.2, 0.25) is 0 Å². The zero-order chi connectivity index (χ0) is 20.8. The second-order valence-electron chi connectivity index (χ2n) is 6.11. The third-order valence-electron chi connectivity index (χ3n) is 4.00. The van der Waals surface area contributed by atoms with Crippen LogP contribution in [0, 0.1) is 17.0 Å². The van der Waals surface area contributed by atoms with Crippen LogP contribution in [0.1, 0.15) is 11.3 Å². The van der Waals surface area contributed by atoms with Gasteiger partial charge in [-0.25, -0.2) is 5.43 Å². The molecule has 2 aromatic carbocycles. The van der Waals surface area contributed by atoms with E-state index in [1.54, 1.807) is 31.2 Å². The van der Waals surface area contributed by atoms with Crippen molar-refractivity contribution in [3.63, 3.8) is 0 Å². The Morgan fingerprint density at radius 3 is 2.69 bits per heavy atom. The standard InChI is InChI=1S/C20H17BrN4O4/c1-13-2-3-14(10-18(13)25(27)28)19-9-8-17(29-19)11-23-24-20(26)12-22-16-6-4-15(21)5-7-16/h2-11,22H,12H2,1H3,(H,24,26)/b23-11-. The fourth-order valence-electron chi connectivity index (χ4n) is 2.49. The minimum atomic E-state index is -0.429. The van der Waals surface area contributed by atoms with Crippen LogP contribution >= 0.6 is 15.9 Å². The Balaban J connectivity index is 1.56. The summed E-state index contributed by atoms with van der Waals surface area (Å²) in [6.07, 6.45) is 1.36. The summed E-state index contributed by atoms with van der Waals surface area (Å²) in [6, 6.07) is 15.7. The van der Waals surface area contributed by atoms with E-state index in [-0.39, 0.29) is 18.1 Å². The maximum absolute atomic E-state index is 11.8. The summed E-state index contributed by atoms with van der Waals surface area (Å²) in [5, 5.41) is 17.9. The monoisotopic (exact) mass is 456 g/mol. The van der Waals surface area contributed by atoms with E-state index in [1.165, 1.54) is 12.3 Å². The molecule has 0 radical (unpaired) electrons. The Labute approximate surface area is 174 Å². The minimum Gasteiger partial charge on any atom is -0.455 e. The van der Waals surface area contributed by atoms with Crippen molar-refractivity contribution >= 4 is 39.4 Å². The van der Waals surface area contributed by atoms with Gasteiger partial charge in [-0.1, -0.05) is 28.1 Å². The first-order valence-electron chi connectivity index (χ1n) is 8.59. The predicted octanol–water partition coefficient (Wildman–Crippen LogP) is 4.49. The second kappa shape index (κ2) is 9.16. The number of carbonyl (C=O) groups excluding carboxylic acids is 1. The van der Waals surface area contributed by atoms with Crippen LogP contribution < -0.4 is 10.7 Å². The summed E-state index contributed by atoms with van der Waals surface area (Å²) in [6.45, 7) is 1.74. The first-order valence-corrected chi connectivity index (χ1v) is 9.38. The minimum absolute atomic E-state index is 0.0275. The van der Waals surface area contributed by atoms with Crippen molar-refractivity contribution in [1.82, 2.24) is 5.43 Å². The lowest BCUT2D eigenvalue weighted by Crippen LogP contribution is -2.25. The van der Waals surface area contributed by atoms with E-state index >= 15 is 0 Å². The summed E-state index contributed by atoms with van der Waals surface area (Å²) >= 11 is 3.35. The number of aryl methyl sites for hydroxylation is 1. The summed E-state index contributed by atoms with van der Waals surface area (Å²) < 4.78 is 6.58. The van der Waals surface area contributed by atoms with Crippen molar-refractivity contribution < 1.29 is 14.1 Å². The fraction of sp³-hybridized carbons (Fsp3) is 0.100. The van der Waals surface area contributed by atoms with Crippen LogP contribution in [-0.4, -0.2) is 23.6 Å². The largest absolute Gasteiger partial charge is 0.455 e. The van der Waals surface area contributed by atoms with Gasteiger partial charge >= 0.3 is 0 Å². The molecule has 8 nitrogen and oxygen atoms in total. The first kappa shape index (κ1) is 20.3. The molecule has 9 heteroatoms. The molecule has 0 unspecified atom stereocenters. The Morgan fingerprint density at radius 1 is 1.21 bits per heavy atom. The molecule has 3 aromatic rings. The molecule has 0 aliphatic carbocycles. The third-order valence-corrected chi connectivity index (χ3v) is 4.52. The SMILES string of the molecule is Cc1ccc(-c2ccc(/C=N\NC(=O)CNc3ccc(Br)cc3)o2)cc1[N+](=O)[O-]. The number of halogens is 1. The molecule has 1 amide bonds. The van der Waals surface area contributed by atoms with Crippen LogP contribution in [0.5, 0.6) is 0 Å². The van der Waals surface area contributed by atoms with E-state index < -0.39 is 4.92 Å². The maximum atomic E-state index is 11.8. The zero-order valence-electron chi connectivity index (χ0n) is 15.4. The van der Waals surface area contributed by atoms with Gasteiger partial charge in [-0.15, -0.1) is 0 Å². The molecule has 0 fully saturated rings. The van der Waals surface area contributed by atoms with Crippen LogP contribution in [0.25, 0.3) is 11.3 Å². The number of nitro benzene ring substituents is 1. The second-order valence-corrected chi connectivity index (χ2v) is 7.03. The Morgan fingerprint density at radius 2 is 1.97 bits per heavy atom. The van der Waals surface area contributed by atoms with Gasteiger partial charge in [0.15, 0.2) is 0 Å². The Hall–Kier alpha value is -3.46. The molecule has 0 spiro atoms. The summed E-state index contributed by atoms with van der Waals surface area (Å²) in [5.41, 5.74) is 4.41. The van der Waals surface area contributed by atoms with Crippen molar-refractivity contribution in [3.8, 4) is 11.3 Å². The average molecular weight is 457 g/mol. The number of hydrazone groups is 1. The molecule has 0 saturated carbocycles. The van der Waals surface area contributed by atoms with Gasteiger partial charge in [-0.2, -0.15) is 5.10 Å². The highest BCUT2D eigenvalue weighted by molar-refractivity contribution is 9.10. The lowest BCUT2D eigenvalue weighted by Gasteiger charge is -2.04. The highest BCUT2D eigenvalue weighted by atomic mass is 79.9. The number of nitrogens with zero attached hydrogens (tertiary/aromatic N) is 2. The zero-order valence-corrected chi connectivity index (χ0v) is 17.0. The summed E-state index contributed by atoms with van der Waals surface area (Å²) in [5.74, 6) is 0.562. The number of benzene rings is 2. The van der Waals surface area contributed by atoms with Gasteiger partial charge in [-0.3, -0.25) is 14.9 Å². The van der Waals surface area contributed by atoms with E-state index in [0.29, 0.717) is 22.6 Å². The van der Waals surface area contributed by atoms with Gasteiger partial charge in [0.05, 0.1) is 17.7 Å². The maximum Gasteiger partial charge on any atom is 0.273 e. The summed E-state index contributed by atoms with van der Waals surface area (Å²) in [4.78, 5) is 22.5. The number of anilines is 1. The molecule has 0 bridgehead atoms. The van der Waals surface area contributed by atoms with Crippen LogP contribution in [0.3, 0.4) is 0 Å². The number of hydrogen-bond acceptors (Lipinski definition) is 6. The number of carbonyl (C=O) groups is 1. The number of rotatable bonds is 7. The van der Waals surface area contributed by atoms with Crippen LogP contribution in [0.4, 0.5) is 11.4 Å². The quantitative estimate of drug-likeness (QED) is 0.309. The molecule has 0 atom stereocenters. The molecule has 1 aromatic heterocycles. The normalized spacial score (nSPS) is 10.8. The lowest BCUT2D eigenvalue weighted by atomic mass is 10.1. The van der Waals surface area contributed by atoms with Gasteiger partial charge in [0.1, 0.15) is 11.5 Å². The Bertz CT molecular complexity index is 1060.